The van der Waals surface area contributed by atoms with E-state index in [4.69, 9.17) is 4.98 Å². The van der Waals surface area contributed by atoms with Gasteiger partial charge in [-0.05, 0) is 31.2 Å². The summed E-state index contributed by atoms with van der Waals surface area (Å²) in [5.74, 6) is 1.72. The molecular formula is C16H19N3S. The van der Waals surface area contributed by atoms with Gasteiger partial charge < -0.3 is 4.90 Å². The van der Waals surface area contributed by atoms with Gasteiger partial charge in [-0.2, -0.15) is 4.37 Å². The second-order valence-corrected chi connectivity index (χ2v) is 6.94. The molecule has 0 saturated heterocycles. The van der Waals surface area contributed by atoms with Crippen LogP contribution < -0.4 is 4.90 Å². The molecule has 0 spiro atoms. The Balaban J connectivity index is 1.50. The lowest BCUT2D eigenvalue weighted by molar-refractivity contribution is 0.671. The summed E-state index contributed by atoms with van der Waals surface area (Å²) in [6.45, 7) is 1.05. The zero-order valence-electron chi connectivity index (χ0n) is 11.7. The van der Waals surface area contributed by atoms with E-state index in [-0.39, 0.29) is 0 Å². The number of hydrogen-bond donors (Lipinski definition) is 0. The zero-order valence-corrected chi connectivity index (χ0v) is 12.6. The number of anilines is 1. The Labute approximate surface area is 123 Å². The van der Waals surface area contributed by atoms with Gasteiger partial charge in [0.25, 0.3) is 0 Å². The fraction of sp³-hybridized carbons (Fsp3) is 0.500. The Morgan fingerprint density at radius 2 is 2.00 bits per heavy atom. The minimum atomic E-state index is 0.349. The molecule has 2 aliphatic carbocycles. The number of rotatable bonds is 5. The quantitative estimate of drug-likeness (QED) is 0.840. The smallest absolute Gasteiger partial charge is 0.204 e. The molecular weight excluding hydrogens is 266 g/mol. The molecule has 0 unspecified atom stereocenters. The second-order valence-electron chi connectivity index (χ2n) is 6.21. The molecule has 0 amide bonds. The average Bonchev–Trinajstić information content (AvgIpc) is 3.41. The fourth-order valence-corrected chi connectivity index (χ4v) is 3.59. The monoisotopic (exact) mass is 285 g/mol. The molecule has 1 aromatic heterocycles. The minimum absolute atomic E-state index is 0.349. The van der Waals surface area contributed by atoms with Crippen molar-refractivity contribution in [3.05, 3.63) is 41.7 Å². The first-order valence-corrected chi connectivity index (χ1v) is 8.14. The molecule has 2 aliphatic rings. The van der Waals surface area contributed by atoms with Crippen LogP contribution in [0.1, 0.15) is 43.0 Å². The van der Waals surface area contributed by atoms with Gasteiger partial charge in [-0.25, -0.2) is 4.98 Å². The van der Waals surface area contributed by atoms with Crippen molar-refractivity contribution in [2.75, 3.05) is 18.5 Å². The minimum Gasteiger partial charge on any atom is -0.349 e. The molecule has 1 aromatic carbocycles. The third-order valence-electron chi connectivity index (χ3n) is 4.48. The van der Waals surface area contributed by atoms with Crippen LogP contribution in [0.3, 0.4) is 0 Å². The summed E-state index contributed by atoms with van der Waals surface area (Å²) in [4.78, 5) is 7.01. The predicted octanol–water partition coefficient (Wildman–Crippen LogP) is 3.58. The maximum absolute atomic E-state index is 4.71. The topological polar surface area (TPSA) is 29.0 Å². The van der Waals surface area contributed by atoms with Crippen LogP contribution in [0.5, 0.6) is 0 Å². The van der Waals surface area contributed by atoms with Crippen molar-refractivity contribution in [3.63, 3.8) is 0 Å². The highest BCUT2D eigenvalue weighted by Crippen LogP contribution is 2.49. The first-order valence-electron chi connectivity index (χ1n) is 7.37. The van der Waals surface area contributed by atoms with Gasteiger partial charge in [0.15, 0.2) is 0 Å². The van der Waals surface area contributed by atoms with Crippen LogP contribution in [-0.4, -0.2) is 22.9 Å². The lowest BCUT2D eigenvalue weighted by Gasteiger charge is -2.23. The van der Waals surface area contributed by atoms with Crippen molar-refractivity contribution in [3.8, 4) is 0 Å². The molecule has 2 saturated carbocycles. The van der Waals surface area contributed by atoms with E-state index in [1.165, 1.54) is 31.2 Å². The first kappa shape index (κ1) is 12.3. The molecule has 3 nitrogen and oxygen atoms in total. The zero-order chi connectivity index (χ0) is 13.6. The molecule has 0 N–H and O–H groups in total. The van der Waals surface area contributed by atoms with Gasteiger partial charge in [-0.3, -0.25) is 0 Å². The van der Waals surface area contributed by atoms with Crippen LogP contribution in [0.2, 0.25) is 0 Å². The summed E-state index contributed by atoms with van der Waals surface area (Å²) in [6.07, 6.45) is 5.12. The van der Waals surface area contributed by atoms with E-state index >= 15 is 0 Å². The van der Waals surface area contributed by atoms with Crippen molar-refractivity contribution >= 4 is 16.7 Å². The molecule has 4 rings (SSSR count). The largest absolute Gasteiger partial charge is 0.349 e. The van der Waals surface area contributed by atoms with Gasteiger partial charge in [-0.15, -0.1) is 0 Å². The highest BCUT2D eigenvalue weighted by Gasteiger charge is 2.45. The van der Waals surface area contributed by atoms with E-state index in [0.29, 0.717) is 11.3 Å². The van der Waals surface area contributed by atoms with Crippen molar-refractivity contribution in [2.45, 2.75) is 37.0 Å². The second kappa shape index (κ2) is 4.55. The third kappa shape index (κ3) is 2.22. The van der Waals surface area contributed by atoms with Crippen LogP contribution >= 0.6 is 11.5 Å². The molecule has 104 valence electrons. The molecule has 2 fully saturated rings. The Morgan fingerprint density at radius 3 is 2.65 bits per heavy atom. The Kier molecular flexibility index (Phi) is 2.81. The average molecular weight is 285 g/mol. The van der Waals surface area contributed by atoms with Gasteiger partial charge in [0.2, 0.25) is 5.13 Å². The van der Waals surface area contributed by atoms with Crippen molar-refractivity contribution in [2.24, 2.45) is 0 Å². The molecule has 2 aromatic rings. The van der Waals surface area contributed by atoms with E-state index in [2.05, 4.69) is 46.7 Å². The SMILES string of the molecule is CN(CC1(c2ccccc2)CC1)c1nc(C2CC2)ns1. The van der Waals surface area contributed by atoms with Crippen LogP contribution in [0.15, 0.2) is 30.3 Å². The van der Waals surface area contributed by atoms with Crippen LogP contribution in [-0.2, 0) is 5.41 Å². The van der Waals surface area contributed by atoms with Gasteiger partial charge in [0.05, 0.1) is 0 Å². The molecule has 4 heteroatoms. The van der Waals surface area contributed by atoms with E-state index in [1.807, 2.05) is 0 Å². The van der Waals surface area contributed by atoms with Gasteiger partial charge in [0, 0.05) is 36.5 Å². The number of hydrogen-bond acceptors (Lipinski definition) is 4. The standard InChI is InChI=1S/C16H19N3S/c1-19(15-17-14(18-20-15)12-7-8-12)11-16(9-10-16)13-5-3-2-4-6-13/h2-6,12H,7-11H2,1H3. The van der Waals surface area contributed by atoms with Crippen molar-refractivity contribution < 1.29 is 0 Å². The fourth-order valence-electron chi connectivity index (χ4n) is 2.89. The van der Waals surface area contributed by atoms with Crippen molar-refractivity contribution in [1.82, 2.24) is 9.36 Å². The Hall–Kier alpha value is -1.42. The molecule has 0 radical (unpaired) electrons. The number of likely N-dealkylation sites (N-methyl/N-ethyl adjacent to an activating group) is 1. The molecule has 20 heavy (non-hydrogen) atoms. The lowest BCUT2D eigenvalue weighted by atomic mass is 9.96. The number of benzene rings is 1. The summed E-state index contributed by atoms with van der Waals surface area (Å²) in [5.41, 5.74) is 1.82. The maximum atomic E-state index is 4.71. The van der Waals surface area contributed by atoms with Crippen LogP contribution in [0, 0.1) is 0 Å². The van der Waals surface area contributed by atoms with E-state index in [0.717, 1.165) is 17.5 Å². The molecule has 1 heterocycles. The summed E-state index contributed by atoms with van der Waals surface area (Å²) < 4.78 is 4.51. The predicted molar refractivity (Wildman–Crippen MR) is 82.5 cm³/mol. The Bertz CT molecular complexity index is 599. The normalized spacial score (nSPS) is 19.9. The summed E-state index contributed by atoms with van der Waals surface area (Å²) >= 11 is 1.55. The van der Waals surface area contributed by atoms with Crippen LogP contribution in [0.25, 0.3) is 0 Å². The molecule has 0 bridgehead atoms. The highest BCUT2D eigenvalue weighted by molar-refractivity contribution is 7.09. The van der Waals surface area contributed by atoms with Gasteiger partial charge in [-0.1, -0.05) is 30.3 Å². The summed E-state index contributed by atoms with van der Waals surface area (Å²) in [5, 5.41) is 1.08. The Morgan fingerprint density at radius 1 is 1.25 bits per heavy atom. The van der Waals surface area contributed by atoms with E-state index in [9.17, 15) is 0 Å². The van der Waals surface area contributed by atoms with Crippen molar-refractivity contribution in [1.29, 1.82) is 0 Å². The molecule has 0 aliphatic heterocycles. The first-order chi connectivity index (χ1) is 9.77. The van der Waals surface area contributed by atoms with E-state index in [1.54, 1.807) is 11.5 Å². The van der Waals surface area contributed by atoms with E-state index < -0.39 is 0 Å². The number of nitrogens with zero attached hydrogens (tertiary/aromatic N) is 3. The van der Waals surface area contributed by atoms with Gasteiger partial charge in [0.1, 0.15) is 5.82 Å². The molecule has 0 atom stereocenters. The highest BCUT2D eigenvalue weighted by atomic mass is 32.1. The summed E-state index contributed by atoms with van der Waals surface area (Å²) in [6, 6.07) is 10.9. The third-order valence-corrected chi connectivity index (χ3v) is 5.32. The summed E-state index contributed by atoms with van der Waals surface area (Å²) in [7, 11) is 2.15. The maximum Gasteiger partial charge on any atom is 0.204 e. The van der Waals surface area contributed by atoms with Gasteiger partial charge >= 0.3 is 0 Å². The van der Waals surface area contributed by atoms with Crippen LogP contribution in [0.4, 0.5) is 5.13 Å². The number of aromatic nitrogens is 2. The lowest BCUT2D eigenvalue weighted by Crippen LogP contribution is -2.29.